The van der Waals surface area contributed by atoms with Crippen LogP contribution in [0.25, 0.3) is 10.8 Å². The molecule has 0 unspecified atom stereocenters. The summed E-state index contributed by atoms with van der Waals surface area (Å²) < 4.78 is 0. The van der Waals surface area contributed by atoms with E-state index in [4.69, 9.17) is 0 Å². The number of fused-ring (bicyclic) bond motifs is 1. The lowest BCUT2D eigenvalue weighted by atomic mass is 10.1. The zero-order valence-corrected chi connectivity index (χ0v) is 12.0. The molecule has 1 N–H and O–H groups in total. The van der Waals surface area contributed by atoms with Gasteiger partial charge in [-0.05, 0) is 5.39 Å². The van der Waals surface area contributed by atoms with Crippen molar-refractivity contribution in [2.24, 2.45) is 0 Å². The molecule has 2 aromatic heterocycles. The van der Waals surface area contributed by atoms with Gasteiger partial charge in [-0.3, -0.25) is 0 Å². The molecule has 0 aliphatic heterocycles. The van der Waals surface area contributed by atoms with Gasteiger partial charge in [-0.2, -0.15) is 0 Å². The summed E-state index contributed by atoms with van der Waals surface area (Å²) in [6.45, 7) is 0.725. The minimum atomic E-state index is 0.00357. The molecule has 0 atom stereocenters. The van der Waals surface area contributed by atoms with E-state index in [0.29, 0.717) is 0 Å². The van der Waals surface area contributed by atoms with Gasteiger partial charge in [-0.15, -0.1) is 11.3 Å². The second-order valence-electron chi connectivity index (χ2n) is 4.65. The van der Waals surface area contributed by atoms with Crippen molar-refractivity contribution in [1.82, 2.24) is 9.97 Å². The Morgan fingerprint density at radius 2 is 2.00 bits per heavy atom. The van der Waals surface area contributed by atoms with E-state index < -0.39 is 0 Å². The molecule has 1 aromatic carbocycles. The first-order valence-corrected chi connectivity index (χ1v) is 7.29. The van der Waals surface area contributed by atoms with Crippen LogP contribution in [-0.4, -0.2) is 22.1 Å². The Balaban J connectivity index is 2.03. The van der Waals surface area contributed by atoms with Gasteiger partial charge in [0, 0.05) is 29.6 Å². The normalized spacial score (nSPS) is 10.9. The fraction of sp³-hybridized carbons (Fsp3) is 0.200. The van der Waals surface area contributed by atoms with E-state index in [9.17, 15) is 5.11 Å². The number of benzene rings is 1. The van der Waals surface area contributed by atoms with Crippen LogP contribution in [0.3, 0.4) is 0 Å². The molecule has 5 heteroatoms. The third-order valence-electron chi connectivity index (χ3n) is 3.27. The van der Waals surface area contributed by atoms with Gasteiger partial charge in [-0.25, -0.2) is 9.97 Å². The highest BCUT2D eigenvalue weighted by molar-refractivity contribution is 7.07. The van der Waals surface area contributed by atoms with Crippen molar-refractivity contribution in [2.75, 3.05) is 11.9 Å². The second-order valence-corrected chi connectivity index (χ2v) is 5.37. The molecule has 0 fully saturated rings. The SMILES string of the molecule is CN(Cc1cscn1)c1ncc(CO)c2ccccc12. The number of aliphatic hydroxyl groups excluding tert-OH is 1. The predicted octanol–water partition coefficient (Wildman–Crippen LogP) is 2.82. The highest BCUT2D eigenvalue weighted by Gasteiger charge is 2.11. The van der Waals surface area contributed by atoms with Crippen LogP contribution in [0.2, 0.25) is 0 Å². The maximum Gasteiger partial charge on any atom is 0.136 e. The Hall–Kier alpha value is -1.98. The largest absolute Gasteiger partial charge is 0.392 e. The molecule has 0 aliphatic carbocycles. The number of rotatable bonds is 4. The standard InChI is InChI=1S/C15H15N3OS/c1-18(7-12-9-20-10-17-12)15-14-5-3-2-4-13(14)11(8-19)6-16-15/h2-6,9-10,19H,7-8H2,1H3. The van der Waals surface area contributed by atoms with Crippen LogP contribution in [0, 0.1) is 0 Å². The number of aromatic nitrogens is 2. The van der Waals surface area contributed by atoms with E-state index in [1.807, 2.05) is 42.2 Å². The Bertz CT molecular complexity index is 712. The van der Waals surface area contributed by atoms with Crippen molar-refractivity contribution >= 4 is 27.9 Å². The number of hydrogen-bond acceptors (Lipinski definition) is 5. The Labute approximate surface area is 121 Å². The maximum absolute atomic E-state index is 9.41. The van der Waals surface area contributed by atoms with E-state index in [1.165, 1.54) is 0 Å². The Morgan fingerprint density at radius 1 is 1.20 bits per heavy atom. The van der Waals surface area contributed by atoms with Crippen LogP contribution < -0.4 is 4.90 Å². The fourth-order valence-electron chi connectivity index (χ4n) is 2.30. The van der Waals surface area contributed by atoms with Crippen LogP contribution >= 0.6 is 11.3 Å². The number of thiazole rings is 1. The summed E-state index contributed by atoms with van der Waals surface area (Å²) >= 11 is 1.60. The third kappa shape index (κ3) is 2.37. The molecule has 0 aliphatic rings. The topological polar surface area (TPSA) is 49.2 Å². The Kier molecular flexibility index (Phi) is 3.62. The van der Waals surface area contributed by atoms with Crippen molar-refractivity contribution in [2.45, 2.75) is 13.2 Å². The maximum atomic E-state index is 9.41. The summed E-state index contributed by atoms with van der Waals surface area (Å²) in [5.74, 6) is 0.908. The number of anilines is 1. The first-order chi connectivity index (χ1) is 9.79. The molecule has 0 amide bonds. The van der Waals surface area contributed by atoms with Crippen LogP contribution in [0.15, 0.2) is 41.4 Å². The highest BCUT2D eigenvalue weighted by Crippen LogP contribution is 2.27. The molecule has 102 valence electrons. The van der Waals surface area contributed by atoms with Crippen LogP contribution in [-0.2, 0) is 13.2 Å². The van der Waals surface area contributed by atoms with Gasteiger partial charge >= 0.3 is 0 Å². The van der Waals surface area contributed by atoms with Crippen molar-refractivity contribution in [3.8, 4) is 0 Å². The van der Waals surface area contributed by atoms with E-state index in [0.717, 1.165) is 34.4 Å². The van der Waals surface area contributed by atoms with Crippen LogP contribution in [0.1, 0.15) is 11.3 Å². The van der Waals surface area contributed by atoms with Gasteiger partial charge in [0.15, 0.2) is 0 Å². The monoisotopic (exact) mass is 285 g/mol. The lowest BCUT2D eigenvalue weighted by Gasteiger charge is -2.19. The molecule has 2 heterocycles. The number of pyridine rings is 1. The smallest absolute Gasteiger partial charge is 0.136 e. The van der Waals surface area contributed by atoms with Crippen LogP contribution in [0.4, 0.5) is 5.82 Å². The number of aliphatic hydroxyl groups is 1. The fourth-order valence-corrected chi connectivity index (χ4v) is 2.85. The molecule has 0 saturated carbocycles. The molecule has 3 aromatic rings. The van der Waals surface area contributed by atoms with Crippen molar-refractivity contribution in [3.05, 3.63) is 52.6 Å². The molecule has 0 bridgehead atoms. The van der Waals surface area contributed by atoms with Crippen molar-refractivity contribution in [3.63, 3.8) is 0 Å². The Morgan fingerprint density at radius 3 is 2.70 bits per heavy atom. The summed E-state index contributed by atoms with van der Waals surface area (Å²) in [5, 5.41) is 13.6. The van der Waals surface area contributed by atoms with E-state index in [1.54, 1.807) is 17.5 Å². The minimum absolute atomic E-state index is 0.00357. The molecule has 20 heavy (non-hydrogen) atoms. The van der Waals surface area contributed by atoms with Crippen molar-refractivity contribution < 1.29 is 5.11 Å². The van der Waals surface area contributed by atoms with Crippen molar-refractivity contribution in [1.29, 1.82) is 0 Å². The summed E-state index contributed by atoms with van der Waals surface area (Å²) in [7, 11) is 2.01. The summed E-state index contributed by atoms with van der Waals surface area (Å²) in [4.78, 5) is 10.9. The molecule has 0 spiro atoms. The minimum Gasteiger partial charge on any atom is -0.392 e. The molecule has 3 rings (SSSR count). The number of nitrogens with zero attached hydrogens (tertiary/aromatic N) is 3. The predicted molar refractivity (Wildman–Crippen MR) is 81.9 cm³/mol. The first-order valence-electron chi connectivity index (χ1n) is 6.35. The van der Waals surface area contributed by atoms with E-state index in [-0.39, 0.29) is 6.61 Å². The van der Waals surface area contributed by atoms with E-state index in [2.05, 4.69) is 14.9 Å². The van der Waals surface area contributed by atoms with Gasteiger partial charge in [0.1, 0.15) is 5.82 Å². The lowest BCUT2D eigenvalue weighted by molar-refractivity contribution is 0.283. The second kappa shape index (κ2) is 5.56. The first kappa shape index (κ1) is 13.0. The van der Waals surface area contributed by atoms with Gasteiger partial charge in [-0.1, -0.05) is 24.3 Å². The van der Waals surface area contributed by atoms with Gasteiger partial charge < -0.3 is 10.0 Å². The third-order valence-corrected chi connectivity index (χ3v) is 3.91. The summed E-state index contributed by atoms with van der Waals surface area (Å²) in [5.41, 5.74) is 3.73. The molecular weight excluding hydrogens is 270 g/mol. The van der Waals surface area contributed by atoms with E-state index >= 15 is 0 Å². The van der Waals surface area contributed by atoms with Gasteiger partial charge in [0.05, 0.1) is 24.4 Å². The quantitative estimate of drug-likeness (QED) is 0.801. The van der Waals surface area contributed by atoms with Gasteiger partial charge in [0.25, 0.3) is 0 Å². The molecule has 0 saturated heterocycles. The molecule has 4 nitrogen and oxygen atoms in total. The number of hydrogen-bond donors (Lipinski definition) is 1. The highest BCUT2D eigenvalue weighted by atomic mass is 32.1. The zero-order valence-electron chi connectivity index (χ0n) is 11.2. The zero-order chi connectivity index (χ0) is 13.9. The molecule has 0 radical (unpaired) electrons. The summed E-state index contributed by atoms with van der Waals surface area (Å²) in [6, 6.07) is 8.02. The van der Waals surface area contributed by atoms with Gasteiger partial charge in [0.2, 0.25) is 0 Å². The summed E-state index contributed by atoms with van der Waals surface area (Å²) in [6.07, 6.45) is 1.75. The average Bonchev–Trinajstić information content (AvgIpc) is 2.99. The average molecular weight is 285 g/mol. The van der Waals surface area contributed by atoms with Crippen LogP contribution in [0.5, 0.6) is 0 Å². The lowest BCUT2D eigenvalue weighted by Crippen LogP contribution is -2.18. The molecular formula is C15H15N3OS.